The Labute approximate surface area is 127 Å². The van der Waals surface area contributed by atoms with Gasteiger partial charge in [0.2, 0.25) is 10.0 Å². The smallest absolute Gasteiger partial charge is 0.268 e. The molecule has 114 valence electrons. The van der Waals surface area contributed by atoms with Crippen LogP contribution in [0.2, 0.25) is 0 Å². The van der Waals surface area contributed by atoms with Gasteiger partial charge in [0, 0.05) is 17.1 Å². The minimum atomic E-state index is -3.68. The van der Waals surface area contributed by atoms with Gasteiger partial charge in [-0.3, -0.25) is 4.79 Å². The van der Waals surface area contributed by atoms with Crippen molar-refractivity contribution in [2.75, 3.05) is 0 Å². The molecule has 0 aromatic carbocycles. The third kappa shape index (κ3) is 3.72. The van der Waals surface area contributed by atoms with E-state index in [1.54, 1.807) is 12.1 Å². The Morgan fingerprint density at radius 3 is 2.67 bits per heavy atom. The summed E-state index contributed by atoms with van der Waals surface area (Å²) in [4.78, 5) is 12.9. The summed E-state index contributed by atoms with van der Waals surface area (Å²) in [6, 6.07) is 6.85. The molecule has 3 N–H and O–H groups in total. The van der Waals surface area contributed by atoms with Gasteiger partial charge in [0.05, 0.1) is 6.54 Å². The van der Waals surface area contributed by atoms with E-state index in [-0.39, 0.29) is 22.7 Å². The van der Waals surface area contributed by atoms with Crippen LogP contribution in [0.4, 0.5) is 0 Å². The van der Waals surface area contributed by atoms with Gasteiger partial charge in [-0.15, -0.1) is 11.3 Å². The number of rotatable bonds is 5. The molecule has 0 aliphatic heterocycles. The number of carbonyl (C=O) groups is 1. The number of thiophene rings is 1. The number of nitrogens with one attached hydrogen (secondary N) is 1. The predicted molar refractivity (Wildman–Crippen MR) is 81.7 cm³/mol. The highest BCUT2D eigenvalue weighted by Crippen LogP contribution is 2.20. The van der Waals surface area contributed by atoms with Crippen LogP contribution in [-0.4, -0.2) is 18.9 Å². The molecule has 1 amide bonds. The Bertz CT molecular complexity index is 744. The van der Waals surface area contributed by atoms with Crippen LogP contribution in [0, 0.1) is 0 Å². The highest BCUT2D eigenvalue weighted by atomic mass is 32.2. The Morgan fingerprint density at radius 2 is 2.10 bits per heavy atom. The predicted octanol–water partition coefficient (Wildman–Crippen LogP) is 1.71. The zero-order valence-electron chi connectivity index (χ0n) is 11.7. The van der Waals surface area contributed by atoms with E-state index in [1.807, 2.05) is 30.7 Å². The molecule has 0 fully saturated rings. The van der Waals surface area contributed by atoms with E-state index in [1.165, 1.54) is 6.07 Å². The third-order valence-corrected chi connectivity index (χ3v) is 5.43. The molecule has 21 heavy (non-hydrogen) atoms. The van der Waals surface area contributed by atoms with Gasteiger partial charge in [-0.2, -0.15) is 0 Å². The molecule has 0 saturated carbocycles. The first-order valence-corrected chi connectivity index (χ1v) is 8.72. The molecule has 0 spiro atoms. The topological polar surface area (TPSA) is 94.2 Å². The molecule has 0 bridgehead atoms. The van der Waals surface area contributed by atoms with Crippen molar-refractivity contribution in [3.63, 3.8) is 0 Å². The van der Waals surface area contributed by atoms with Crippen molar-refractivity contribution < 1.29 is 13.2 Å². The lowest BCUT2D eigenvalue weighted by Crippen LogP contribution is -2.25. The summed E-state index contributed by atoms with van der Waals surface area (Å²) in [6.45, 7) is 4.26. The second-order valence-corrected chi connectivity index (χ2v) is 7.80. The number of hydrogen-bond acceptors (Lipinski definition) is 4. The fourth-order valence-electron chi connectivity index (χ4n) is 1.90. The van der Waals surface area contributed by atoms with Crippen LogP contribution >= 0.6 is 11.3 Å². The maximum atomic E-state index is 12.1. The van der Waals surface area contributed by atoms with E-state index in [4.69, 9.17) is 5.14 Å². The van der Waals surface area contributed by atoms with E-state index < -0.39 is 10.0 Å². The van der Waals surface area contributed by atoms with Crippen LogP contribution in [0.1, 0.15) is 35.3 Å². The van der Waals surface area contributed by atoms with Crippen LogP contribution < -0.4 is 10.5 Å². The van der Waals surface area contributed by atoms with Gasteiger partial charge in [0.1, 0.15) is 9.90 Å². The van der Waals surface area contributed by atoms with Crippen molar-refractivity contribution in [3.05, 3.63) is 41.0 Å². The molecule has 8 heteroatoms. The Balaban J connectivity index is 2.04. The average molecular weight is 327 g/mol. The van der Waals surface area contributed by atoms with Crippen LogP contribution in [0.3, 0.4) is 0 Å². The lowest BCUT2D eigenvalue weighted by Gasteiger charge is -2.12. The standard InChI is InChI=1S/C13H17N3O3S2/c1-9(2)16-7-3-4-11(16)13(17)15-8-10-5-6-12(20-10)21(14,18)19/h3-7,9H,8H2,1-2H3,(H,15,17)(H2,14,18,19). The third-order valence-electron chi connectivity index (χ3n) is 2.91. The fraction of sp³-hybridized carbons (Fsp3) is 0.308. The van der Waals surface area contributed by atoms with E-state index in [0.717, 1.165) is 16.2 Å². The monoisotopic (exact) mass is 327 g/mol. The molecule has 6 nitrogen and oxygen atoms in total. The van der Waals surface area contributed by atoms with E-state index in [9.17, 15) is 13.2 Å². The van der Waals surface area contributed by atoms with Crippen molar-refractivity contribution in [1.82, 2.24) is 9.88 Å². The Hall–Kier alpha value is -1.64. The van der Waals surface area contributed by atoms with Gasteiger partial charge in [0.15, 0.2) is 0 Å². The lowest BCUT2D eigenvalue weighted by atomic mass is 10.3. The van der Waals surface area contributed by atoms with E-state index in [0.29, 0.717) is 5.69 Å². The van der Waals surface area contributed by atoms with Crippen molar-refractivity contribution >= 4 is 27.3 Å². The zero-order valence-corrected chi connectivity index (χ0v) is 13.4. The molecule has 2 rings (SSSR count). The van der Waals surface area contributed by atoms with Gasteiger partial charge in [-0.1, -0.05) is 0 Å². The number of nitrogens with two attached hydrogens (primary N) is 1. The van der Waals surface area contributed by atoms with Gasteiger partial charge in [-0.25, -0.2) is 13.6 Å². The molecule has 2 aromatic heterocycles. The van der Waals surface area contributed by atoms with Crippen LogP contribution in [0.5, 0.6) is 0 Å². The Kier molecular flexibility index (Phi) is 4.50. The van der Waals surface area contributed by atoms with Gasteiger partial charge in [-0.05, 0) is 38.1 Å². The second kappa shape index (κ2) is 6.00. The molecule has 0 saturated heterocycles. The maximum Gasteiger partial charge on any atom is 0.268 e. The highest BCUT2D eigenvalue weighted by Gasteiger charge is 2.14. The molecular formula is C13H17N3O3S2. The quantitative estimate of drug-likeness (QED) is 0.875. The number of amides is 1. The highest BCUT2D eigenvalue weighted by molar-refractivity contribution is 7.91. The van der Waals surface area contributed by atoms with Gasteiger partial charge < -0.3 is 9.88 Å². The summed E-state index contributed by atoms with van der Waals surface area (Å²) < 4.78 is 24.3. The van der Waals surface area contributed by atoms with Crippen LogP contribution in [0.15, 0.2) is 34.7 Å². The zero-order chi connectivity index (χ0) is 15.6. The lowest BCUT2D eigenvalue weighted by molar-refractivity contribution is 0.0940. The average Bonchev–Trinajstić information content (AvgIpc) is 3.04. The summed E-state index contributed by atoms with van der Waals surface area (Å²) in [5.41, 5.74) is 0.577. The van der Waals surface area contributed by atoms with Gasteiger partial charge >= 0.3 is 0 Å². The summed E-state index contributed by atoms with van der Waals surface area (Å²) >= 11 is 1.06. The first-order valence-electron chi connectivity index (χ1n) is 6.35. The number of nitrogens with zero attached hydrogens (tertiary/aromatic N) is 1. The molecule has 2 aromatic rings. The molecule has 0 aliphatic carbocycles. The molecule has 0 radical (unpaired) electrons. The molecule has 0 unspecified atom stereocenters. The minimum Gasteiger partial charge on any atom is -0.346 e. The second-order valence-electron chi connectivity index (χ2n) is 4.84. The van der Waals surface area contributed by atoms with Gasteiger partial charge in [0.25, 0.3) is 5.91 Å². The van der Waals surface area contributed by atoms with E-state index >= 15 is 0 Å². The Morgan fingerprint density at radius 1 is 1.38 bits per heavy atom. The normalized spacial score (nSPS) is 11.8. The summed E-state index contributed by atoms with van der Waals surface area (Å²) in [5.74, 6) is -0.195. The molecule has 2 heterocycles. The summed E-state index contributed by atoms with van der Waals surface area (Å²) in [6.07, 6.45) is 1.85. The molecule has 0 atom stereocenters. The number of sulfonamides is 1. The molecular weight excluding hydrogens is 310 g/mol. The first kappa shape index (κ1) is 15.7. The van der Waals surface area contributed by atoms with Crippen molar-refractivity contribution in [2.24, 2.45) is 5.14 Å². The van der Waals surface area contributed by atoms with E-state index in [2.05, 4.69) is 5.32 Å². The van der Waals surface area contributed by atoms with Crippen molar-refractivity contribution in [3.8, 4) is 0 Å². The minimum absolute atomic E-state index is 0.0947. The van der Waals surface area contributed by atoms with Crippen molar-refractivity contribution in [2.45, 2.75) is 30.6 Å². The summed E-state index contributed by atoms with van der Waals surface area (Å²) in [5, 5.41) is 7.82. The van der Waals surface area contributed by atoms with Crippen LogP contribution in [-0.2, 0) is 16.6 Å². The first-order chi connectivity index (χ1) is 9.79. The molecule has 0 aliphatic rings. The van der Waals surface area contributed by atoms with Crippen molar-refractivity contribution in [1.29, 1.82) is 0 Å². The number of aromatic nitrogens is 1. The van der Waals surface area contributed by atoms with Crippen LogP contribution in [0.25, 0.3) is 0 Å². The SMILES string of the molecule is CC(C)n1cccc1C(=O)NCc1ccc(S(N)(=O)=O)s1. The summed E-state index contributed by atoms with van der Waals surface area (Å²) in [7, 11) is -3.68. The maximum absolute atomic E-state index is 12.1. The fourth-order valence-corrected chi connectivity index (χ4v) is 3.62. The number of hydrogen-bond donors (Lipinski definition) is 2. The largest absolute Gasteiger partial charge is 0.346 e. The number of carbonyl (C=O) groups excluding carboxylic acids is 1. The number of primary sulfonamides is 1.